The molecular weight excluding hydrogens is 262 g/mol. The molecular formula is C16H29N5. The topological polar surface area (TPSA) is 75.9 Å². The Kier molecular flexibility index (Phi) is 5.39. The van der Waals surface area contributed by atoms with Crippen molar-refractivity contribution in [3.63, 3.8) is 0 Å². The van der Waals surface area contributed by atoms with Crippen LogP contribution >= 0.6 is 0 Å². The zero-order valence-electron chi connectivity index (χ0n) is 13.6. The number of hydrazine groups is 1. The van der Waals surface area contributed by atoms with Crippen molar-refractivity contribution in [2.45, 2.75) is 59.3 Å². The number of nitrogens with two attached hydrogens (primary N) is 1. The van der Waals surface area contributed by atoms with E-state index in [1.54, 1.807) is 6.33 Å². The molecule has 0 spiro atoms. The summed E-state index contributed by atoms with van der Waals surface area (Å²) in [5, 5.41) is 3.58. The summed E-state index contributed by atoms with van der Waals surface area (Å²) >= 11 is 0. The summed E-state index contributed by atoms with van der Waals surface area (Å²) in [6.07, 6.45) is 9.08. The van der Waals surface area contributed by atoms with Gasteiger partial charge in [-0.1, -0.05) is 33.6 Å². The number of hydrogen-bond donors (Lipinski definition) is 3. The van der Waals surface area contributed by atoms with Gasteiger partial charge in [-0.15, -0.1) is 0 Å². The molecule has 21 heavy (non-hydrogen) atoms. The summed E-state index contributed by atoms with van der Waals surface area (Å²) in [7, 11) is 0. The Morgan fingerprint density at radius 1 is 1.24 bits per heavy atom. The first-order valence-electron chi connectivity index (χ1n) is 8.14. The van der Waals surface area contributed by atoms with E-state index in [9.17, 15) is 0 Å². The van der Waals surface area contributed by atoms with E-state index in [1.807, 2.05) is 0 Å². The van der Waals surface area contributed by atoms with Crippen molar-refractivity contribution in [3.8, 4) is 0 Å². The number of anilines is 2. The first kappa shape index (κ1) is 16.0. The molecule has 0 aromatic carbocycles. The minimum atomic E-state index is 0.431. The highest BCUT2D eigenvalue weighted by molar-refractivity contribution is 5.56. The van der Waals surface area contributed by atoms with Gasteiger partial charge in [0.05, 0.1) is 0 Å². The fraction of sp³-hybridized carbons (Fsp3) is 0.750. The van der Waals surface area contributed by atoms with Crippen molar-refractivity contribution in [2.24, 2.45) is 17.2 Å². The molecule has 0 radical (unpaired) electrons. The second-order valence-corrected chi connectivity index (χ2v) is 6.71. The average molecular weight is 291 g/mol. The Balaban J connectivity index is 2.11. The zero-order valence-corrected chi connectivity index (χ0v) is 13.6. The normalized spacial score (nSPS) is 17.2. The number of hydrogen-bond acceptors (Lipinski definition) is 5. The molecule has 4 N–H and O–H groups in total. The second-order valence-electron chi connectivity index (χ2n) is 6.71. The molecule has 0 atom stereocenters. The Hall–Kier alpha value is -1.36. The van der Waals surface area contributed by atoms with Crippen molar-refractivity contribution >= 4 is 11.6 Å². The molecule has 1 saturated carbocycles. The van der Waals surface area contributed by atoms with Gasteiger partial charge in [0.15, 0.2) is 0 Å². The van der Waals surface area contributed by atoms with Gasteiger partial charge in [-0.2, -0.15) is 0 Å². The molecule has 0 bridgehead atoms. The third kappa shape index (κ3) is 3.84. The van der Waals surface area contributed by atoms with Crippen LogP contribution in [-0.4, -0.2) is 16.5 Å². The molecule has 1 aliphatic rings. The van der Waals surface area contributed by atoms with E-state index in [0.29, 0.717) is 5.41 Å². The maximum atomic E-state index is 5.54. The van der Waals surface area contributed by atoms with Crippen LogP contribution in [0, 0.1) is 11.3 Å². The summed E-state index contributed by atoms with van der Waals surface area (Å²) in [5.74, 6) is 7.92. The van der Waals surface area contributed by atoms with Crippen LogP contribution in [-0.2, 0) is 6.42 Å². The Morgan fingerprint density at radius 2 is 1.90 bits per heavy atom. The van der Waals surface area contributed by atoms with Crippen molar-refractivity contribution in [2.75, 3.05) is 17.3 Å². The fourth-order valence-corrected chi connectivity index (χ4v) is 3.74. The van der Waals surface area contributed by atoms with Crippen LogP contribution in [0.25, 0.3) is 0 Å². The van der Waals surface area contributed by atoms with E-state index in [2.05, 4.69) is 41.5 Å². The van der Waals surface area contributed by atoms with Crippen molar-refractivity contribution < 1.29 is 0 Å². The van der Waals surface area contributed by atoms with Gasteiger partial charge in [-0.05, 0) is 37.0 Å². The lowest BCUT2D eigenvalue weighted by Gasteiger charge is -2.31. The number of nitrogens with zero attached hydrogens (tertiary/aromatic N) is 2. The molecule has 0 saturated heterocycles. The molecule has 1 aromatic rings. The molecule has 2 rings (SSSR count). The maximum absolute atomic E-state index is 5.54. The van der Waals surface area contributed by atoms with Gasteiger partial charge in [-0.3, -0.25) is 0 Å². The van der Waals surface area contributed by atoms with Crippen LogP contribution in [0.4, 0.5) is 11.6 Å². The molecule has 0 unspecified atom stereocenters. The largest absolute Gasteiger partial charge is 0.369 e. The van der Waals surface area contributed by atoms with Gasteiger partial charge in [0.25, 0.3) is 0 Å². The van der Waals surface area contributed by atoms with Crippen molar-refractivity contribution in [1.82, 2.24) is 9.97 Å². The number of nitrogens with one attached hydrogen (secondary N) is 2. The van der Waals surface area contributed by atoms with Gasteiger partial charge >= 0.3 is 0 Å². The van der Waals surface area contributed by atoms with E-state index in [1.165, 1.54) is 32.1 Å². The lowest BCUT2D eigenvalue weighted by Crippen LogP contribution is -2.29. The predicted octanol–water partition coefficient (Wildman–Crippen LogP) is 3.34. The first-order chi connectivity index (χ1) is 10.1. The van der Waals surface area contributed by atoms with E-state index in [-0.39, 0.29) is 0 Å². The highest BCUT2D eigenvalue weighted by Crippen LogP contribution is 2.43. The SMILES string of the molecule is CCc1c(NN)ncnc1NCC1(CC(C)C)CCCC1. The predicted molar refractivity (Wildman–Crippen MR) is 88.1 cm³/mol. The second kappa shape index (κ2) is 7.07. The van der Waals surface area contributed by atoms with Crippen LogP contribution in [0.1, 0.15) is 58.4 Å². The molecule has 1 fully saturated rings. The van der Waals surface area contributed by atoms with Gasteiger partial charge in [-0.25, -0.2) is 15.8 Å². The summed E-state index contributed by atoms with van der Waals surface area (Å²) in [6.45, 7) is 7.74. The molecule has 5 nitrogen and oxygen atoms in total. The number of nitrogen functional groups attached to an aromatic ring is 1. The third-order valence-electron chi connectivity index (χ3n) is 4.57. The molecule has 0 amide bonds. The fourth-order valence-electron chi connectivity index (χ4n) is 3.74. The van der Waals surface area contributed by atoms with E-state index in [0.717, 1.165) is 36.1 Å². The Morgan fingerprint density at radius 3 is 2.48 bits per heavy atom. The standard InChI is InChI=1S/C16H29N5/c1-4-13-14(19-11-20-15(13)21-17)18-10-16(9-12(2)3)7-5-6-8-16/h11-12H,4-10,17H2,1-3H3,(H2,18,19,20,21). The third-order valence-corrected chi connectivity index (χ3v) is 4.57. The maximum Gasteiger partial charge on any atom is 0.148 e. The van der Waals surface area contributed by atoms with Gasteiger partial charge in [0, 0.05) is 12.1 Å². The number of aromatic nitrogens is 2. The molecule has 118 valence electrons. The molecule has 1 heterocycles. The monoisotopic (exact) mass is 291 g/mol. The van der Waals surface area contributed by atoms with Crippen LogP contribution < -0.4 is 16.6 Å². The summed E-state index contributed by atoms with van der Waals surface area (Å²) in [6, 6.07) is 0. The Bertz CT molecular complexity index is 452. The quantitative estimate of drug-likeness (QED) is 0.530. The summed E-state index contributed by atoms with van der Waals surface area (Å²) in [5.41, 5.74) is 4.16. The molecule has 5 heteroatoms. The highest BCUT2D eigenvalue weighted by atomic mass is 15.3. The lowest BCUT2D eigenvalue weighted by molar-refractivity contribution is 0.252. The number of rotatable bonds is 7. The van der Waals surface area contributed by atoms with Crippen LogP contribution in [0.2, 0.25) is 0 Å². The van der Waals surface area contributed by atoms with E-state index < -0.39 is 0 Å². The minimum Gasteiger partial charge on any atom is -0.369 e. The van der Waals surface area contributed by atoms with E-state index in [4.69, 9.17) is 5.84 Å². The molecule has 1 aliphatic carbocycles. The van der Waals surface area contributed by atoms with Crippen LogP contribution in [0.5, 0.6) is 0 Å². The van der Waals surface area contributed by atoms with Gasteiger partial charge in [0.1, 0.15) is 18.0 Å². The van der Waals surface area contributed by atoms with Crippen LogP contribution in [0.3, 0.4) is 0 Å². The molecule has 0 aliphatic heterocycles. The van der Waals surface area contributed by atoms with Crippen molar-refractivity contribution in [3.05, 3.63) is 11.9 Å². The summed E-state index contributed by atoms with van der Waals surface area (Å²) in [4.78, 5) is 8.60. The van der Waals surface area contributed by atoms with Gasteiger partial charge < -0.3 is 10.7 Å². The van der Waals surface area contributed by atoms with Crippen molar-refractivity contribution in [1.29, 1.82) is 0 Å². The molecule has 1 aromatic heterocycles. The Labute approximate surface area is 128 Å². The smallest absolute Gasteiger partial charge is 0.148 e. The minimum absolute atomic E-state index is 0.431. The first-order valence-corrected chi connectivity index (χ1v) is 8.14. The zero-order chi connectivity index (χ0) is 15.3. The highest BCUT2D eigenvalue weighted by Gasteiger charge is 2.34. The van der Waals surface area contributed by atoms with Gasteiger partial charge in [0.2, 0.25) is 0 Å². The van der Waals surface area contributed by atoms with E-state index >= 15 is 0 Å². The van der Waals surface area contributed by atoms with Crippen LogP contribution in [0.15, 0.2) is 6.33 Å². The lowest BCUT2D eigenvalue weighted by atomic mass is 9.78. The average Bonchev–Trinajstić information content (AvgIpc) is 2.92. The summed E-state index contributed by atoms with van der Waals surface area (Å²) < 4.78 is 0.